The van der Waals surface area contributed by atoms with Gasteiger partial charge in [0, 0.05) is 25.7 Å². The van der Waals surface area contributed by atoms with Crippen LogP contribution >= 0.6 is 0 Å². The van der Waals surface area contributed by atoms with Crippen LogP contribution in [0.3, 0.4) is 0 Å². The second-order valence-electron chi connectivity index (χ2n) is 7.07. The highest BCUT2D eigenvalue weighted by Crippen LogP contribution is 2.20. The number of piperidine rings is 1. The van der Waals surface area contributed by atoms with E-state index in [1.165, 1.54) is 0 Å². The number of sulfonamides is 1. The molecule has 0 bridgehead atoms. The van der Waals surface area contributed by atoms with Gasteiger partial charge in [0.05, 0.1) is 18.6 Å². The summed E-state index contributed by atoms with van der Waals surface area (Å²) in [5.41, 5.74) is 1.14. The quantitative estimate of drug-likeness (QED) is 0.645. The molecule has 2 aromatic rings. The first-order valence-corrected chi connectivity index (χ1v) is 11.2. The highest BCUT2D eigenvalue weighted by atomic mass is 32.2. The lowest BCUT2D eigenvalue weighted by Gasteiger charge is -2.32. The summed E-state index contributed by atoms with van der Waals surface area (Å²) in [6.07, 6.45) is 1.52. The Morgan fingerprint density at radius 2 is 1.83 bits per heavy atom. The van der Waals surface area contributed by atoms with Gasteiger partial charge in [0.1, 0.15) is 18.1 Å². The number of ether oxygens (including phenoxy) is 2. The third-order valence-corrected chi connectivity index (χ3v) is 6.48. The maximum atomic E-state index is 12.6. The van der Waals surface area contributed by atoms with Crippen molar-refractivity contribution in [2.75, 3.05) is 33.4 Å². The lowest BCUT2D eigenvalue weighted by molar-refractivity contribution is 0.196. The molecule has 0 aliphatic carbocycles. The summed E-state index contributed by atoms with van der Waals surface area (Å²) >= 11 is 0. The van der Waals surface area contributed by atoms with Crippen LogP contribution in [-0.4, -0.2) is 57.9 Å². The first kappa shape index (κ1) is 21.6. The molecule has 1 heterocycles. The monoisotopic (exact) mass is 420 g/mol. The number of methoxy groups -OCH3 is 1. The fourth-order valence-corrected chi connectivity index (χ4v) is 4.71. The summed E-state index contributed by atoms with van der Waals surface area (Å²) < 4.78 is 38.6. The molecular formula is C21H28N2O5S. The molecule has 0 spiro atoms. The Hall–Kier alpha value is -2.13. The van der Waals surface area contributed by atoms with Crippen LogP contribution < -0.4 is 14.2 Å². The van der Waals surface area contributed by atoms with Crippen molar-refractivity contribution in [1.82, 2.24) is 9.62 Å². The van der Waals surface area contributed by atoms with Crippen molar-refractivity contribution in [3.63, 3.8) is 0 Å². The van der Waals surface area contributed by atoms with Crippen molar-refractivity contribution in [2.45, 2.75) is 30.3 Å². The van der Waals surface area contributed by atoms with Crippen LogP contribution in [-0.2, 0) is 16.6 Å². The Labute approximate surface area is 172 Å². The number of hydrogen-bond acceptors (Lipinski definition) is 6. The van der Waals surface area contributed by atoms with Crippen molar-refractivity contribution in [3.8, 4) is 11.5 Å². The van der Waals surface area contributed by atoms with Gasteiger partial charge in [0.25, 0.3) is 0 Å². The van der Waals surface area contributed by atoms with Gasteiger partial charge < -0.3 is 14.6 Å². The first-order chi connectivity index (χ1) is 14.0. The summed E-state index contributed by atoms with van der Waals surface area (Å²) in [5.74, 6) is 1.38. The standard InChI is InChI=1S/C21H28N2O5S/c1-27-19-5-7-21(8-6-19)29(25,26)22-18-9-11-23(12-10-18)16-17-3-2-4-20(15-17)28-14-13-24/h2-8,15,18,22,24H,9-14,16H2,1H3. The van der Waals surface area contributed by atoms with Gasteiger partial charge in [-0.1, -0.05) is 12.1 Å². The van der Waals surface area contributed by atoms with E-state index in [0.29, 0.717) is 5.75 Å². The number of aliphatic hydroxyl groups excluding tert-OH is 1. The molecule has 3 rings (SSSR count). The molecule has 8 heteroatoms. The van der Waals surface area contributed by atoms with Gasteiger partial charge in [-0.15, -0.1) is 0 Å². The molecule has 0 saturated carbocycles. The van der Waals surface area contributed by atoms with E-state index in [0.717, 1.165) is 43.8 Å². The molecule has 1 saturated heterocycles. The molecule has 29 heavy (non-hydrogen) atoms. The van der Waals surface area contributed by atoms with Crippen molar-refractivity contribution in [1.29, 1.82) is 0 Å². The Morgan fingerprint density at radius 3 is 2.48 bits per heavy atom. The molecule has 0 amide bonds. The zero-order chi connectivity index (χ0) is 20.7. The second-order valence-corrected chi connectivity index (χ2v) is 8.78. The van der Waals surface area contributed by atoms with Crippen molar-refractivity contribution < 1.29 is 23.0 Å². The number of benzene rings is 2. The number of nitrogens with one attached hydrogen (secondary N) is 1. The van der Waals surface area contributed by atoms with Gasteiger partial charge in [-0.05, 0) is 54.8 Å². The number of aliphatic hydroxyl groups is 1. The van der Waals surface area contributed by atoms with Crippen LogP contribution in [0.1, 0.15) is 18.4 Å². The highest BCUT2D eigenvalue weighted by molar-refractivity contribution is 7.89. The van der Waals surface area contributed by atoms with Gasteiger partial charge in [-0.25, -0.2) is 13.1 Å². The maximum absolute atomic E-state index is 12.6. The van der Waals surface area contributed by atoms with E-state index in [2.05, 4.69) is 9.62 Å². The molecule has 1 aliphatic rings. The Morgan fingerprint density at radius 1 is 1.10 bits per heavy atom. The fourth-order valence-electron chi connectivity index (χ4n) is 3.41. The molecule has 0 unspecified atom stereocenters. The van der Waals surface area contributed by atoms with E-state index in [1.54, 1.807) is 31.4 Å². The number of rotatable bonds is 9. The van der Waals surface area contributed by atoms with Crippen LogP contribution in [0.4, 0.5) is 0 Å². The van der Waals surface area contributed by atoms with Gasteiger partial charge in [0.2, 0.25) is 10.0 Å². The topological polar surface area (TPSA) is 88.1 Å². The van der Waals surface area contributed by atoms with Crippen LogP contribution in [0.25, 0.3) is 0 Å². The Kier molecular flexibility index (Phi) is 7.49. The summed E-state index contributed by atoms with van der Waals surface area (Å²) in [6, 6.07) is 14.2. The van der Waals surface area contributed by atoms with Crippen LogP contribution in [0, 0.1) is 0 Å². The van der Waals surface area contributed by atoms with E-state index < -0.39 is 10.0 Å². The lowest BCUT2D eigenvalue weighted by atomic mass is 10.1. The molecule has 0 aromatic heterocycles. The van der Waals surface area contributed by atoms with E-state index >= 15 is 0 Å². The summed E-state index contributed by atoms with van der Waals surface area (Å²) in [5, 5.41) is 8.87. The number of nitrogens with zero attached hydrogens (tertiary/aromatic N) is 1. The third-order valence-electron chi connectivity index (χ3n) is 4.94. The minimum Gasteiger partial charge on any atom is -0.497 e. The van der Waals surface area contributed by atoms with Gasteiger partial charge in [-0.3, -0.25) is 4.90 Å². The largest absolute Gasteiger partial charge is 0.497 e. The van der Waals surface area contributed by atoms with Gasteiger partial charge in [0.15, 0.2) is 0 Å². The van der Waals surface area contributed by atoms with Gasteiger partial charge >= 0.3 is 0 Å². The second kappa shape index (κ2) is 10.1. The lowest BCUT2D eigenvalue weighted by Crippen LogP contribution is -2.44. The molecule has 158 valence electrons. The van der Waals surface area contributed by atoms with E-state index in [1.807, 2.05) is 24.3 Å². The minimum atomic E-state index is -3.54. The SMILES string of the molecule is COc1ccc(S(=O)(=O)NC2CCN(Cc3cccc(OCCO)c3)CC2)cc1. The van der Waals surface area contributed by atoms with Crippen molar-refractivity contribution in [2.24, 2.45) is 0 Å². The van der Waals surface area contributed by atoms with Gasteiger partial charge in [-0.2, -0.15) is 0 Å². The maximum Gasteiger partial charge on any atom is 0.240 e. The molecule has 0 atom stereocenters. The summed E-state index contributed by atoms with van der Waals surface area (Å²) in [7, 11) is -1.99. The highest BCUT2D eigenvalue weighted by Gasteiger charge is 2.24. The third kappa shape index (κ3) is 6.17. The molecule has 0 radical (unpaired) electrons. The van der Waals surface area contributed by atoms with E-state index in [-0.39, 0.29) is 24.2 Å². The van der Waals surface area contributed by atoms with Crippen LogP contribution in [0.2, 0.25) is 0 Å². The zero-order valence-corrected chi connectivity index (χ0v) is 17.4. The minimum absolute atomic E-state index is 0.00975. The molecule has 2 N–H and O–H groups in total. The predicted octanol–water partition coefficient (Wildman–Crippen LogP) is 2.01. The fraction of sp³-hybridized carbons (Fsp3) is 0.429. The molecular weight excluding hydrogens is 392 g/mol. The smallest absolute Gasteiger partial charge is 0.240 e. The Balaban J connectivity index is 1.51. The summed E-state index contributed by atoms with van der Waals surface area (Å²) in [4.78, 5) is 2.56. The predicted molar refractivity (Wildman–Crippen MR) is 111 cm³/mol. The number of hydrogen-bond donors (Lipinski definition) is 2. The van der Waals surface area contributed by atoms with Crippen LogP contribution in [0.5, 0.6) is 11.5 Å². The average Bonchev–Trinajstić information content (AvgIpc) is 2.74. The van der Waals surface area contributed by atoms with Crippen molar-refractivity contribution in [3.05, 3.63) is 54.1 Å². The molecule has 7 nitrogen and oxygen atoms in total. The average molecular weight is 421 g/mol. The normalized spacial score (nSPS) is 15.9. The molecule has 1 fully saturated rings. The molecule has 1 aliphatic heterocycles. The van der Waals surface area contributed by atoms with Crippen molar-refractivity contribution >= 4 is 10.0 Å². The first-order valence-electron chi connectivity index (χ1n) is 9.71. The van der Waals surface area contributed by atoms with E-state index in [4.69, 9.17) is 14.6 Å². The van der Waals surface area contributed by atoms with Crippen LogP contribution in [0.15, 0.2) is 53.4 Å². The molecule has 2 aromatic carbocycles. The Bertz CT molecular complexity index is 878. The zero-order valence-electron chi connectivity index (χ0n) is 16.6. The summed E-state index contributed by atoms with van der Waals surface area (Å²) in [6.45, 7) is 2.69. The number of likely N-dealkylation sites (tertiary alicyclic amines) is 1. The van der Waals surface area contributed by atoms with E-state index in [9.17, 15) is 8.42 Å².